The van der Waals surface area contributed by atoms with Crippen LogP contribution in [0.25, 0.3) is 0 Å². The fraction of sp³-hybridized carbons (Fsp3) is 0.562. The van der Waals surface area contributed by atoms with Crippen molar-refractivity contribution in [3.63, 3.8) is 0 Å². The molecule has 2 atom stereocenters. The van der Waals surface area contributed by atoms with Crippen LogP contribution < -0.4 is 4.74 Å². The first-order valence-corrected chi connectivity index (χ1v) is 14.6. The van der Waals surface area contributed by atoms with Gasteiger partial charge >= 0.3 is 0 Å². The Morgan fingerprint density at radius 2 is 1.59 bits per heavy atom. The van der Waals surface area contributed by atoms with Gasteiger partial charge in [0.1, 0.15) is 17.6 Å². The van der Waals surface area contributed by atoms with Crippen LogP contribution >= 0.6 is 0 Å². The minimum Gasteiger partial charge on any atom is -0.508 e. The van der Waals surface area contributed by atoms with E-state index in [9.17, 15) is 19.8 Å². The molecule has 0 unspecified atom stereocenters. The highest BCUT2D eigenvalue weighted by Crippen LogP contribution is 2.31. The number of aromatic hydroxyl groups is 1. The van der Waals surface area contributed by atoms with Crippen LogP contribution in [0.3, 0.4) is 0 Å². The number of phenolic OH excluding ortho intramolecular Hbond substituents is 1. The van der Waals surface area contributed by atoms with E-state index in [1.807, 2.05) is 4.90 Å². The number of rotatable bonds is 14. The molecule has 7 nitrogen and oxygen atoms in total. The van der Waals surface area contributed by atoms with Gasteiger partial charge in [0.2, 0.25) is 5.91 Å². The average Bonchev–Trinajstić information content (AvgIpc) is 3.67. The predicted molar refractivity (Wildman–Crippen MR) is 152 cm³/mol. The molecule has 2 fully saturated rings. The predicted octanol–water partition coefficient (Wildman–Crippen LogP) is 5.36. The highest BCUT2D eigenvalue weighted by molar-refractivity contribution is 5.96. The third-order valence-corrected chi connectivity index (χ3v) is 8.35. The highest BCUT2D eigenvalue weighted by Gasteiger charge is 2.34. The maximum atomic E-state index is 13.8. The molecule has 1 aliphatic heterocycles. The van der Waals surface area contributed by atoms with Gasteiger partial charge in [-0.15, -0.1) is 0 Å². The maximum absolute atomic E-state index is 13.8. The molecule has 1 saturated heterocycles. The quantitative estimate of drug-likeness (QED) is 0.250. The number of aliphatic hydroxyl groups is 1. The van der Waals surface area contributed by atoms with Crippen molar-refractivity contribution in [1.82, 2.24) is 9.80 Å². The third-order valence-electron chi connectivity index (χ3n) is 8.35. The molecule has 212 valence electrons. The van der Waals surface area contributed by atoms with Crippen LogP contribution in [0.1, 0.15) is 86.2 Å². The average molecular weight is 537 g/mol. The summed E-state index contributed by atoms with van der Waals surface area (Å²) in [5.41, 5.74) is 1.37. The SMILES string of the molecule is COc1ccc(C(=O)CCCCC(=O)N(CC2CCCC2)[C@H](CN2CCCC2)[C@H](O)c2ccc(O)cc2)cc1. The smallest absolute Gasteiger partial charge is 0.222 e. The number of carbonyl (C=O) groups excluding carboxylic acids is 2. The zero-order valence-corrected chi connectivity index (χ0v) is 23.3. The number of likely N-dealkylation sites (tertiary alicyclic amines) is 1. The number of hydrogen-bond acceptors (Lipinski definition) is 6. The van der Waals surface area contributed by atoms with Crippen LogP contribution in [-0.2, 0) is 4.79 Å². The number of amides is 1. The number of ether oxygens (including phenoxy) is 1. The Balaban J connectivity index is 1.43. The van der Waals surface area contributed by atoms with Crippen LogP contribution in [0.4, 0.5) is 0 Å². The zero-order chi connectivity index (χ0) is 27.6. The number of nitrogens with zero attached hydrogens (tertiary/aromatic N) is 2. The Morgan fingerprint density at radius 1 is 0.949 bits per heavy atom. The summed E-state index contributed by atoms with van der Waals surface area (Å²) in [5.74, 6) is 1.46. The lowest BCUT2D eigenvalue weighted by Gasteiger charge is -2.39. The molecule has 1 heterocycles. The molecule has 1 saturated carbocycles. The molecule has 0 spiro atoms. The second-order valence-corrected chi connectivity index (χ2v) is 11.2. The molecule has 0 radical (unpaired) electrons. The van der Waals surface area contributed by atoms with Crippen molar-refractivity contribution in [2.45, 2.75) is 76.4 Å². The van der Waals surface area contributed by atoms with Gasteiger partial charge in [-0.2, -0.15) is 0 Å². The summed E-state index contributed by atoms with van der Waals surface area (Å²) in [6.07, 6.45) is 8.10. The number of Topliss-reactive ketones (excluding diaryl/α,β-unsaturated/α-hetero) is 1. The molecule has 0 aromatic heterocycles. The number of hydrogen-bond donors (Lipinski definition) is 2. The molecular formula is C32H44N2O5. The number of aliphatic hydroxyl groups excluding tert-OH is 1. The van der Waals surface area contributed by atoms with Crippen LogP contribution in [0.15, 0.2) is 48.5 Å². The van der Waals surface area contributed by atoms with E-state index in [1.54, 1.807) is 55.6 Å². The van der Waals surface area contributed by atoms with Crippen LogP contribution in [0, 0.1) is 5.92 Å². The lowest BCUT2D eigenvalue weighted by Crippen LogP contribution is -2.51. The summed E-state index contributed by atoms with van der Waals surface area (Å²) in [4.78, 5) is 30.7. The summed E-state index contributed by atoms with van der Waals surface area (Å²) in [6.45, 7) is 3.27. The molecule has 4 rings (SSSR count). The van der Waals surface area contributed by atoms with E-state index in [1.165, 1.54) is 12.8 Å². The summed E-state index contributed by atoms with van der Waals surface area (Å²) in [7, 11) is 1.60. The van der Waals surface area contributed by atoms with Crippen molar-refractivity contribution < 1.29 is 24.5 Å². The molecule has 2 aromatic rings. The molecule has 39 heavy (non-hydrogen) atoms. The van der Waals surface area contributed by atoms with E-state index in [0.29, 0.717) is 55.8 Å². The molecule has 2 aliphatic rings. The maximum Gasteiger partial charge on any atom is 0.222 e. The Kier molecular flexibility index (Phi) is 10.8. The Labute approximate surface area is 232 Å². The van der Waals surface area contributed by atoms with Crippen molar-refractivity contribution in [2.75, 3.05) is 33.3 Å². The molecule has 7 heteroatoms. The van der Waals surface area contributed by atoms with Crippen molar-refractivity contribution in [1.29, 1.82) is 0 Å². The van der Waals surface area contributed by atoms with Crippen molar-refractivity contribution in [3.05, 3.63) is 59.7 Å². The number of carbonyl (C=O) groups is 2. The number of benzene rings is 2. The summed E-state index contributed by atoms with van der Waals surface area (Å²) in [5, 5.41) is 21.3. The molecule has 0 bridgehead atoms. The summed E-state index contributed by atoms with van der Waals surface area (Å²) >= 11 is 0. The largest absolute Gasteiger partial charge is 0.508 e. The first kappa shape index (κ1) is 29.1. The van der Waals surface area contributed by atoms with Gasteiger partial charge in [-0.3, -0.25) is 9.59 Å². The number of ketones is 1. The first-order valence-electron chi connectivity index (χ1n) is 14.6. The van der Waals surface area contributed by atoms with Gasteiger partial charge in [0.05, 0.1) is 13.2 Å². The lowest BCUT2D eigenvalue weighted by atomic mass is 9.97. The van der Waals surface area contributed by atoms with Gasteiger partial charge in [0, 0.05) is 31.5 Å². The fourth-order valence-corrected chi connectivity index (χ4v) is 6.01. The molecule has 1 amide bonds. The normalized spacial score (nSPS) is 17.7. The Morgan fingerprint density at radius 3 is 2.23 bits per heavy atom. The minimum absolute atomic E-state index is 0.0563. The van der Waals surface area contributed by atoms with Crippen molar-refractivity contribution in [2.24, 2.45) is 5.92 Å². The van der Waals surface area contributed by atoms with E-state index >= 15 is 0 Å². The molecule has 2 aromatic carbocycles. The second-order valence-electron chi connectivity index (χ2n) is 11.2. The van der Waals surface area contributed by atoms with Gasteiger partial charge in [-0.1, -0.05) is 25.0 Å². The van der Waals surface area contributed by atoms with E-state index in [4.69, 9.17) is 4.74 Å². The van der Waals surface area contributed by atoms with E-state index in [-0.39, 0.29) is 23.5 Å². The number of phenols is 1. The molecule has 2 N–H and O–H groups in total. The Bertz CT molecular complexity index is 1040. The van der Waals surface area contributed by atoms with Gasteiger partial charge in [0.25, 0.3) is 0 Å². The summed E-state index contributed by atoms with van der Waals surface area (Å²) < 4.78 is 5.17. The third kappa shape index (κ3) is 8.29. The van der Waals surface area contributed by atoms with Crippen LogP contribution in [0.5, 0.6) is 11.5 Å². The molecule has 1 aliphatic carbocycles. The van der Waals surface area contributed by atoms with E-state index in [2.05, 4.69) is 4.90 Å². The lowest BCUT2D eigenvalue weighted by molar-refractivity contribution is -0.138. The van der Waals surface area contributed by atoms with E-state index < -0.39 is 6.10 Å². The second kappa shape index (κ2) is 14.5. The zero-order valence-electron chi connectivity index (χ0n) is 23.3. The summed E-state index contributed by atoms with van der Waals surface area (Å²) in [6, 6.07) is 13.5. The van der Waals surface area contributed by atoms with Crippen LogP contribution in [-0.4, -0.2) is 71.0 Å². The standard InChI is InChI=1S/C32H44N2O5/c1-39-28-18-14-25(15-19-28)30(36)10-4-5-11-31(37)34(22-24-8-2-3-9-24)29(23-33-20-6-7-21-33)32(38)26-12-16-27(35)17-13-26/h12-19,24,29,32,35,38H,2-11,20-23H2,1H3/t29-,32-/m1/s1. The van der Waals surface area contributed by atoms with Gasteiger partial charge in [-0.25, -0.2) is 0 Å². The van der Waals surface area contributed by atoms with Crippen molar-refractivity contribution in [3.8, 4) is 11.5 Å². The van der Waals surface area contributed by atoms with Crippen molar-refractivity contribution >= 4 is 11.7 Å². The monoisotopic (exact) mass is 536 g/mol. The number of methoxy groups -OCH3 is 1. The van der Waals surface area contributed by atoms with Gasteiger partial charge in [-0.05, 0) is 99.5 Å². The molecular weight excluding hydrogens is 492 g/mol. The van der Waals surface area contributed by atoms with E-state index in [0.717, 1.165) is 44.5 Å². The Hall–Kier alpha value is -2.90. The number of unbranched alkanes of at least 4 members (excludes halogenated alkanes) is 1. The first-order chi connectivity index (χ1) is 18.9. The fourth-order valence-electron chi connectivity index (χ4n) is 6.01. The van der Waals surface area contributed by atoms with Gasteiger partial charge < -0.3 is 24.7 Å². The highest BCUT2D eigenvalue weighted by atomic mass is 16.5. The van der Waals surface area contributed by atoms with Gasteiger partial charge in [0.15, 0.2) is 5.78 Å². The topological polar surface area (TPSA) is 90.3 Å². The van der Waals surface area contributed by atoms with Crippen LogP contribution in [0.2, 0.25) is 0 Å². The minimum atomic E-state index is -0.840.